The van der Waals surface area contributed by atoms with E-state index in [-0.39, 0.29) is 41.1 Å². The number of aliphatic hydroxyl groups excluding tert-OH is 1. The lowest BCUT2D eigenvalue weighted by molar-refractivity contribution is 0.282. The molecule has 8 nitrogen and oxygen atoms in total. The molecule has 10 heteroatoms. The highest BCUT2D eigenvalue weighted by atomic mass is 35.5. The number of hydrogen-bond acceptors (Lipinski definition) is 6. The summed E-state index contributed by atoms with van der Waals surface area (Å²) in [5.74, 6) is -0.482. The zero-order valence-corrected chi connectivity index (χ0v) is 22.2. The molecule has 2 aromatic heterocycles. The van der Waals surface area contributed by atoms with Gasteiger partial charge in [-0.15, -0.1) is 0 Å². The van der Waals surface area contributed by atoms with E-state index >= 15 is 0 Å². The number of nitriles is 1. The topological polar surface area (TPSA) is 110 Å². The molecule has 40 heavy (non-hydrogen) atoms. The van der Waals surface area contributed by atoms with Crippen molar-refractivity contribution in [3.05, 3.63) is 121 Å². The molecule has 200 valence electrons. The number of rotatable bonds is 6. The van der Waals surface area contributed by atoms with Gasteiger partial charge in [0.1, 0.15) is 23.0 Å². The Morgan fingerprint density at radius 3 is 2.55 bits per heavy atom. The van der Waals surface area contributed by atoms with Crippen molar-refractivity contribution in [1.82, 2.24) is 14.1 Å². The third-order valence-corrected chi connectivity index (χ3v) is 6.90. The molecular weight excluding hydrogens is 535 g/mol. The average Bonchev–Trinajstić information content (AvgIpc) is 2.95. The molecule has 0 bridgehead atoms. The van der Waals surface area contributed by atoms with Crippen molar-refractivity contribution in [2.24, 2.45) is 0 Å². The predicted octanol–water partition coefficient (Wildman–Crippen LogP) is 4.74. The standard InChI is InChI=1S/C30H22ClFN4O4/c1-17-7-22(14-34-13-17)36-29(38)28-26(35(30(36)39)15-18-4-6-25(32)21(8-18)12-33)10-20(11-27(28)40-2)23-9-19(16-37)3-5-24(23)31/h3-11,13-14,37H,15-16H2,1-2H3. The van der Waals surface area contributed by atoms with Gasteiger partial charge in [0, 0.05) is 16.8 Å². The second kappa shape index (κ2) is 10.8. The number of nitrogens with zero attached hydrogens (tertiary/aromatic N) is 4. The van der Waals surface area contributed by atoms with Crippen LogP contribution in [0.4, 0.5) is 4.39 Å². The van der Waals surface area contributed by atoms with E-state index in [1.807, 2.05) is 6.07 Å². The minimum atomic E-state index is -0.679. The van der Waals surface area contributed by atoms with Crippen LogP contribution in [0, 0.1) is 24.1 Å². The van der Waals surface area contributed by atoms with Crippen LogP contribution in [0.2, 0.25) is 5.02 Å². The SMILES string of the molecule is COc1cc(-c2cc(CO)ccc2Cl)cc2c1c(=O)n(-c1cncc(C)c1)c(=O)n2Cc1ccc(F)c(C#N)c1. The van der Waals surface area contributed by atoms with E-state index in [9.17, 15) is 24.3 Å². The highest BCUT2D eigenvalue weighted by Gasteiger charge is 2.21. The Kier molecular flexibility index (Phi) is 7.22. The molecule has 0 radical (unpaired) electrons. The van der Waals surface area contributed by atoms with Crippen LogP contribution in [-0.2, 0) is 13.2 Å². The summed E-state index contributed by atoms with van der Waals surface area (Å²) in [5, 5.41) is 19.5. The number of ether oxygens (including phenoxy) is 1. The molecule has 0 saturated carbocycles. The molecule has 3 aromatic carbocycles. The van der Waals surface area contributed by atoms with Gasteiger partial charge in [-0.1, -0.05) is 23.7 Å². The van der Waals surface area contributed by atoms with E-state index in [0.29, 0.717) is 27.3 Å². The summed E-state index contributed by atoms with van der Waals surface area (Å²) in [6, 6.07) is 15.8. The Bertz CT molecular complexity index is 1960. The maximum Gasteiger partial charge on any atom is 0.336 e. The number of hydrogen-bond donors (Lipinski definition) is 1. The van der Waals surface area contributed by atoms with Crippen LogP contribution >= 0.6 is 11.6 Å². The molecular formula is C30H22ClFN4O4. The molecule has 0 fully saturated rings. The summed E-state index contributed by atoms with van der Waals surface area (Å²) < 4.78 is 22.1. The number of pyridine rings is 1. The monoisotopic (exact) mass is 556 g/mol. The number of halogens is 2. The predicted molar refractivity (Wildman–Crippen MR) is 149 cm³/mol. The van der Waals surface area contributed by atoms with Gasteiger partial charge in [0.25, 0.3) is 5.56 Å². The highest BCUT2D eigenvalue weighted by Crippen LogP contribution is 2.35. The van der Waals surface area contributed by atoms with Gasteiger partial charge >= 0.3 is 5.69 Å². The first-order valence-electron chi connectivity index (χ1n) is 12.1. The van der Waals surface area contributed by atoms with E-state index in [4.69, 9.17) is 16.3 Å². The first-order chi connectivity index (χ1) is 19.2. The van der Waals surface area contributed by atoms with Crippen LogP contribution < -0.4 is 16.0 Å². The van der Waals surface area contributed by atoms with Crippen molar-refractivity contribution >= 4 is 22.5 Å². The number of aryl methyl sites for hydroxylation is 1. The molecule has 0 aliphatic carbocycles. The van der Waals surface area contributed by atoms with Crippen LogP contribution in [0.25, 0.3) is 27.7 Å². The fraction of sp³-hybridized carbons (Fsp3) is 0.133. The van der Waals surface area contributed by atoms with Crippen LogP contribution in [0.15, 0.2) is 76.6 Å². The third kappa shape index (κ3) is 4.75. The summed E-state index contributed by atoms with van der Waals surface area (Å²) in [6.45, 7) is 1.50. The van der Waals surface area contributed by atoms with E-state index < -0.39 is 17.1 Å². The molecule has 0 atom stereocenters. The van der Waals surface area contributed by atoms with Gasteiger partial charge in [0.2, 0.25) is 0 Å². The zero-order chi connectivity index (χ0) is 28.6. The fourth-order valence-electron chi connectivity index (χ4n) is 4.64. The van der Waals surface area contributed by atoms with Gasteiger partial charge in [-0.3, -0.25) is 14.3 Å². The number of benzene rings is 3. The van der Waals surface area contributed by atoms with Crippen molar-refractivity contribution in [1.29, 1.82) is 5.26 Å². The van der Waals surface area contributed by atoms with E-state index in [2.05, 4.69) is 4.98 Å². The lowest BCUT2D eigenvalue weighted by atomic mass is 10.0. The molecule has 2 heterocycles. The number of fused-ring (bicyclic) bond motifs is 1. The van der Waals surface area contributed by atoms with Crippen LogP contribution in [0.5, 0.6) is 5.75 Å². The van der Waals surface area contributed by atoms with E-state index in [1.165, 1.54) is 30.0 Å². The Labute approximate surface area is 232 Å². The number of methoxy groups -OCH3 is 1. The van der Waals surface area contributed by atoms with Crippen molar-refractivity contribution < 1.29 is 14.2 Å². The Morgan fingerprint density at radius 1 is 1.07 bits per heavy atom. The molecule has 0 spiro atoms. The largest absolute Gasteiger partial charge is 0.496 e. The summed E-state index contributed by atoms with van der Waals surface area (Å²) in [6.07, 6.45) is 3.02. The number of aromatic nitrogens is 3. The fourth-order valence-corrected chi connectivity index (χ4v) is 4.87. The maximum atomic E-state index is 14.1. The van der Waals surface area contributed by atoms with Crippen molar-refractivity contribution in [3.63, 3.8) is 0 Å². The summed E-state index contributed by atoms with van der Waals surface area (Å²) in [7, 11) is 1.41. The third-order valence-electron chi connectivity index (χ3n) is 6.57. The molecule has 5 aromatic rings. The quantitative estimate of drug-likeness (QED) is 0.323. The average molecular weight is 557 g/mol. The van der Waals surface area contributed by atoms with Crippen LogP contribution in [0.3, 0.4) is 0 Å². The van der Waals surface area contributed by atoms with E-state index in [0.717, 1.165) is 16.2 Å². The van der Waals surface area contributed by atoms with E-state index in [1.54, 1.807) is 49.5 Å². The molecule has 0 saturated heterocycles. The van der Waals surface area contributed by atoms with Gasteiger partial charge in [-0.05, 0) is 71.6 Å². The first kappa shape index (κ1) is 26.8. The second-order valence-electron chi connectivity index (χ2n) is 9.20. The summed E-state index contributed by atoms with van der Waals surface area (Å²) in [4.78, 5) is 32.1. The minimum absolute atomic E-state index is 0.0825. The second-order valence-corrected chi connectivity index (χ2v) is 9.61. The van der Waals surface area contributed by atoms with Gasteiger partial charge in [-0.2, -0.15) is 5.26 Å². The Balaban J connectivity index is 1.89. The lowest BCUT2D eigenvalue weighted by Crippen LogP contribution is -2.39. The van der Waals surface area contributed by atoms with Gasteiger partial charge in [0.05, 0.1) is 43.2 Å². The molecule has 0 amide bonds. The first-order valence-corrected chi connectivity index (χ1v) is 12.5. The summed E-state index contributed by atoms with van der Waals surface area (Å²) in [5.41, 5.74) is 2.01. The number of aliphatic hydroxyl groups is 1. The van der Waals surface area contributed by atoms with Crippen LogP contribution in [0.1, 0.15) is 22.3 Å². The van der Waals surface area contributed by atoms with Crippen molar-refractivity contribution in [2.45, 2.75) is 20.1 Å². The zero-order valence-electron chi connectivity index (χ0n) is 21.5. The Hall–Kier alpha value is -4.78. The molecule has 1 N–H and O–H groups in total. The minimum Gasteiger partial charge on any atom is -0.496 e. The molecule has 0 aliphatic heterocycles. The lowest BCUT2D eigenvalue weighted by Gasteiger charge is -2.18. The van der Waals surface area contributed by atoms with Gasteiger partial charge in [0.15, 0.2) is 0 Å². The van der Waals surface area contributed by atoms with Crippen LogP contribution in [-0.4, -0.2) is 26.3 Å². The van der Waals surface area contributed by atoms with Gasteiger partial charge in [-0.25, -0.2) is 13.8 Å². The van der Waals surface area contributed by atoms with Crippen molar-refractivity contribution in [3.8, 4) is 28.6 Å². The Morgan fingerprint density at radius 2 is 1.85 bits per heavy atom. The highest BCUT2D eigenvalue weighted by molar-refractivity contribution is 6.33. The molecule has 5 rings (SSSR count). The smallest absolute Gasteiger partial charge is 0.336 e. The van der Waals surface area contributed by atoms with Gasteiger partial charge < -0.3 is 9.84 Å². The molecule has 0 aliphatic rings. The maximum absolute atomic E-state index is 14.1. The molecule has 0 unspecified atom stereocenters. The van der Waals surface area contributed by atoms with Crippen molar-refractivity contribution in [2.75, 3.05) is 7.11 Å². The normalized spacial score (nSPS) is 11.0. The summed E-state index contributed by atoms with van der Waals surface area (Å²) >= 11 is 6.50.